The highest BCUT2D eigenvalue weighted by atomic mass is 16.7. The van der Waals surface area contributed by atoms with Crippen molar-refractivity contribution in [1.82, 2.24) is 5.32 Å². The van der Waals surface area contributed by atoms with Crippen molar-refractivity contribution in [3.63, 3.8) is 0 Å². The van der Waals surface area contributed by atoms with Crippen LogP contribution in [0.25, 0.3) is 0 Å². The number of nitrogens with zero attached hydrogens (tertiary/aromatic N) is 1. The first-order chi connectivity index (χ1) is 18.6. The zero-order valence-electron chi connectivity index (χ0n) is 20.5. The van der Waals surface area contributed by atoms with Gasteiger partial charge in [-0.15, -0.1) is 0 Å². The first-order valence-corrected chi connectivity index (χ1v) is 12.5. The second-order valence-corrected chi connectivity index (χ2v) is 9.67. The third-order valence-electron chi connectivity index (χ3n) is 7.50. The molecule has 3 aliphatic rings. The van der Waals surface area contributed by atoms with Crippen LogP contribution in [0, 0.1) is 0 Å². The molecule has 0 bridgehead atoms. The molecule has 0 saturated heterocycles. The number of carbonyl (C=O) groups is 2. The van der Waals surface area contributed by atoms with Gasteiger partial charge in [-0.2, -0.15) is 0 Å². The van der Waals surface area contributed by atoms with Crippen molar-refractivity contribution in [3.8, 4) is 17.2 Å². The number of nitrogens with one attached hydrogen (secondary N) is 1. The summed E-state index contributed by atoms with van der Waals surface area (Å²) in [6, 6.07) is 28.7. The molecule has 188 valence electrons. The van der Waals surface area contributed by atoms with Gasteiger partial charge in [-0.05, 0) is 41.0 Å². The van der Waals surface area contributed by atoms with Crippen LogP contribution in [0.2, 0.25) is 0 Å². The van der Waals surface area contributed by atoms with E-state index in [1.165, 1.54) is 0 Å². The Balaban J connectivity index is 1.15. The highest BCUT2D eigenvalue weighted by molar-refractivity contribution is 6.11. The minimum absolute atomic E-state index is 0.0407. The topological polar surface area (TPSA) is 77.1 Å². The Morgan fingerprint density at radius 2 is 1.53 bits per heavy atom. The smallest absolute Gasteiger partial charge is 0.251 e. The van der Waals surface area contributed by atoms with Crippen molar-refractivity contribution in [2.24, 2.45) is 0 Å². The summed E-state index contributed by atoms with van der Waals surface area (Å²) in [6.07, 6.45) is 0. The molecule has 0 radical (unpaired) electrons. The molecule has 4 aromatic rings. The van der Waals surface area contributed by atoms with Crippen molar-refractivity contribution in [2.45, 2.75) is 18.5 Å². The Hall–Kier alpha value is -4.78. The summed E-state index contributed by atoms with van der Waals surface area (Å²) >= 11 is 0. The van der Waals surface area contributed by atoms with Gasteiger partial charge in [-0.25, -0.2) is 0 Å². The van der Waals surface area contributed by atoms with E-state index in [-0.39, 0.29) is 25.2 Å². The molecular formula is C31H24N2O5. The summed E-state index contributed by atoms with van der Waals surface area (Å²) in [6.45, 7) is 1.22. The van der Waals surface area contributed by atoms with Gasteiger partial charge in [0.05, 0.1) is 6.54 Å². The Kier molecular flexibility index (Phi) is 5.11. The lowest BCUT2D eigenvalue weighted by atomic mass is 9.77. The van der Waals surface area contributed by atoms with Crippen molar-refractivity contribution in [2.75, 3.05) is 18.3 Å². The Bertz CT molecular complexity index is 1570. The molecule has 0 aromatic heterocycles. The van der Waals surface area contributed by atoms with Gasteiger partial charge in [0.15, 0.2) is 11.5 Å². The zero-order chi connectivity index (χ0) is 25.7. The summed E-state index contributed by atoms with van der Waals surface area (Å²) in [5.74, 6) is 1.72. The molecule has 7 nitrogen and oxygen atoms in total. The predicted molar refractivity (Wildman–Crippen MR) is 141 cm³/mol. The van der Waals surface area contributed by atoms with E-state index < -0.39 is 5.41 Å². The third-order valence-corrected chi connectivity index (χ3v) is 7.50. The average molecular weight is 505 g/mol. The van der Waals surface area contributed by atoms with E-state index in [9.17, 15) is 9.59 Å². The van der Waals surface area contributed by atoms with Crippen LogP contribution in [0.5, 0.6) is 17.2 Å². The number of anilines is 1. The molecule has 0 aliphatic carbocycles. The largest absolute Gasteiger partial charge is 0.491 e. The Labute approximate surface area is 219 Å². The summed E-state index contributed by atoms with van der Waals surface area (Å²) in [5.41, 5.74) is 4.17. The number of fused-ring (bicyclic) bond motifs is 5. The first kappa shape index (κ1) is 22.4. The number of carbonyl (C=O) groups excluding carboxylic acids is 2. The normalized spacial score (nSPS) is 18.3. The van der Waals surface area contributed by atoms with Gasteiger partial charge in [-0.3, -0.25) is 9.59 Å². The monoisotopic (exact) mass is 504 g/mol. The van der Waals surface area contributed by atoms with E-state index in [0.29, 0.717) is 35.9 Å². The van der Waals surface area contributed by atoms with Gasteiger partial charge in [0.2, 0.25) is 12.7 Å². The van der Waals surface area contributed by atoms with Gasteiger partial charge in [0.1, 0.15) is 17.8 Å². The number of ether oxygens (including phenoxy) is 3. The summed E-state index contributed by atoms with van der Waals surface area (Å²) in [4.78, 5) is 28.6. The molecule has 4 aromatic carbocycles. The maximum absolute atomic E-state index is 14.2. The van der Waals surface area contributed by atoms with Crippen LogP contribution in [0.4, 0.5) is 5.69 Å². The number of rotatable bonds is 5. The fourth-order valence-electron chi connectivity index (χ4n) is 5.55. The molecule has 3 aliphatic heterocycles. The second-order valence-electron chi connectivity index (χ2n) is 9.67. The van der Waals surface area contributed by atoms with Crippen LogP contribution in [0.15, 0.2) is 91.0 Å². The molecule has 7 rings (SSSR count). The number of amides is 2. The van der Waals surface area contributed by atoms with E-state index >= 15 is 0 Å². The van der Waals surface area contributed by atoms with Gasteiger partial charge >= 0.3 is 0 Å². The lowest BCUT2D eigenvalue weighted by molar-refractivity contribution is -0.122. The van der Waals surface area contributed by atoms with E-state index in [2.05, 4.69) is 5.32 Å². The minimum Gasteiger partial charge on any atom is -0.491 e. The minimum atomic E-state index is -0.940. The molecule has 1 atom stereocenters. The lowest BCUT2D eigenvalue weighted by Gasteiger charge is -2.23. The number of benzene rings is 4. The highest BCUT2D eigenvalue weighted by Gasteiger charge is 2.57. The van der Waals surface area contributed by atoms with Gasteiger partial charge < -0.3 is 24.4 Å². The maximum atomic E-state index is 14.2. The summed E-state index contributed by atoms with van der Waals surface area (Å²) in [5, 5.41) is 2.95. The van der Waals surface area contributed by atoms with Crippen molar-refractivity contribution >= 4 is 17.5 Å². The molecule has 7 heteroatoms. The summed E-state index contributed by atoms with van der Waals surface area (Å²) in [7, 11) is 0. The fraction of sp³-hybridized carbons (Fsp3) is 0.161. The van der Waals surface area contributed by atoms with E-state index in [0.717, 1.165) is 27.9 Å². The van der Waals surface area contributed by atoms with E-state index in [1.807, 2.05) is 83.8 Å². The van der Waals surface area contributed by atoms with Crippen LogP contribution >= 0.6 is 0 Å². The molecule has 0 saturated carbocycles. The zero-order valence-corrected chi connectivity index (χ0v) is 20.5. The Morgan fingerprint density at radius 3 is 2.34 bits per heavy atom. The molecule has 0 fully saturated rings. The van der Waals surface area contributed by atoms with Crippen LogP contribution < -0.4 is 24.4 Å². The molecule has 1 unspecified atom stereocenters. The van der Waals surface area contributed by atoms with Crippen molar-refractivity contribution in [3.05, 3.63) is 119 Å². The van der Waals surface area contributed by atoms with Crippen molar-refractivity contribution in [1.29, 1.82) is 0 Å². The first-order valence-electron chi connectivity index (χ1n) is 12.5. The Morgan fingerprint density at radius 1 is 0.789 bits per heavy atom. The second kappa shape index (κ2) is 8.66. The molecule has 1 spiro atoms. The third kappa shape index (κ3) is 3.43. The fourth-order valence-corrected chi connectivity index (χ4v) is 5.55. The number of hydrogen-bond acceptors (Lipinski definition) is 5. The molecule has 1 N–H and O–H groups in total. The average Bonchev–Trinajstić information content (AvgIpc) is 3.64. The quantitative estimate of drug-likeness (QED) is 0.431. The predicted octanol–water partition coefficient (Wildman–Crippen LogP) is 4.57. The number of hydrogen-bond donors (Lipinski definition) is 1. The summed E-state index contributed by atoms with van der Waals surface area (Å²) < 4.78 is 17.2. The molecular weight excluding hydrogens is 480 g/mol. The molecule has 2 amide bonds. The van der Waals surface area contributed by atoms with Crippen molar-refractivity contribution < 1.29 is 23.8 Å². The highest BCUT2D eigenvalue weighted by Crippen LogP contribution is 2.55. The SMILES string of the molecule is O=C(NCc1ccccc1)c1ccc(CN2C(=O)C3(COc4cc5c(cc43)OCO5)c3ccccc32)cc1. The van der Waals surface area contributed by atoms with Crippen LogP contribution in [0.1, 0.15) is 32.6 Å². The number of para-hydroxylation sites is 1. The molecule has 3 heterocycles. The maximum Gasteiger partial charge on any atom is 0.251 e. The van der Waals surface area contributed by atoms with Crippen LogP contribution in [-0.2, 0) is 23.3 Å². The van der Waals surface area contributed by atoms with Crippen LogP contribution in [-0.4, -0.2) is 25.2 Å². The lowest BCUT2D eigenvalue weighted by Crippen LogP contribution is -2.42. The van der Waals surface area contributed by atoms with E-state index in [4.69, 9.17) is 14.2 Å². The van der Waals surface area contributed by atoms with Crippen LogP contribution in [0.3, 0.4) is 0 Å². The van der Waals surface area contributed by atoms with Gasteiger partial charge in [0, 0.05) is 29.4 Å². The van der Waals surface area contributed by atoms with E-state index in [1.54, 1.807) is 12.1 Å². The molecule has 38 heavy (non-hydrogen) atoms. The van der Waals surface area contributed by atoms with Gasteiger partial charge in [0.25, 0.3) is 5.91 Å². The van der Waals surface area contributed by atoms with Gasteiger partial charge in [-0.1, -0.05) is 60.7 Å². The standard InChI is InChI=1S/C31H24N2O5/c34-29(32-16-20-6-2-1-3-7-20)22-12-10-21(11-13-22)17-33-25-9-5-4-8-23(25)31(30(33)35)18-36-26-15-28-27(14-24(26)31)37-19-38-28/h1-15H,16-19H2,(H,32,34).